The summed E-state index contributed by atoms with van der Waals surface area (Å²) in [6.07, 6.45) is 0.237. The van der Waals surface area contributed by atoms with Gasteiger partial charge >= 0.3 is 11.9 Å². The third-order valence-corrected chi connectivity index (χ3v) is 5.40. The smallest absolute Gasteiger partial charge is 0.313 e. The Morgan fingerprint density at radius 2 is 1.87 bits per heavy atom. The molecule has 1 aromatic carbocycles. The zero-order valence-electron chi connectivity index (χ0n) is 15.6. The first kappa shape index (κ1) is 19.2. The lowest BCUT2D eigenvalue weighted by molar-refractivity contribution is -0.137. The van der Waals surface area contributed by atoms with Crippen molar-refractivity contribution in [1.82, 2.24) is 24.6 Å². The van der Waals surface area contributed by atoms with Crippen LogP contribution in [0.1, 0.15) is 34.9 Å². The van der Waals surface area contributed by atoms with Crippen molar-refractivity contribution in [2.75, 3.05) is 0 Å². The topological polar surface area (TPSA) is 95.9 Å². The Balaban J connectivity index is 1.55. The van der Waals surface area contributed by atoms with E-state index in [1.807, 2.05) is 0 Å². The van der Waals surface area contributed by atoms with Crippen LogP contribution in [0.4, 0.5) is 17.6 Å². The lowest BCUT2D eigenvalue weighted by Gasteiger charge is -2.10. The predicted molar refractivity (Wildman–Crippen MR) is 101 cm³/mol. The molecular weight excluding hydrogens is 418 g/mol. The number of H-pyrrole nitrogens is 2. The summed E-state index contributed by atoms with van der Waals surface area (Å²) in [5.41, 5.74) is -0.520. The lowest BCUT2D eigenvalue weighted by Crippen LogP contribution is -2.23. The molecule has 0 aliphatic heterocycles. The van der Waals surface area contributed by atoms with Gasteiger partial charge in [0.05, 0.1) is 16.8 Å². The van der Waals surface area contributed by atoms with Crippen molar-refractivity contribution < 1.29 is 17.6 Å². The van der Waals surface area contributed by atoms with E-state index in [0.29, 0.717) is 23.7 Å². The number of halogens is 4. The minimum Gasteiger partial charge on any atom is -0.313 e. The molecule has 1 aliphatic rings. The summed E-state index contributed by atoms with van der Waals surface area (Å²) in [7, 11) is 0. The number of aromatic amines is 2. The molecular formula is C20H13F4N5O2. The summed E-state index contributed by atoms with van der Waals surface area (Å²) in [6.45, 7) is 0. The van der Waals surface area contributed by atoms with Gasteiger partial charge in [0.15, 0.2) is 5.65 Å². The van der Waals surface area contributed by atoms with Crippen LogP contribution in [-0.4, -0.2) is 24.6 Å². The second kappa shape index (κ2) is 6.62. The van der Waals surface area contributed by atoms with E-state index in [0.717, 1.165) is 6.07 Å². The SMILES string of the molecule is O=c1[nH]cc(-c2cc([C@H]3C[C@@H]3c3ccc(C(F)(F)F)cc3F)c3nccn3n2)c(=O)[nH]1. The van der Waals surface area contributed by atoms with E-state index in [1.165, 1.54) is 23.0 Å². The minimum absolute atomic E-state index is 0.134. The maximum absolute atomic E-state index is 14.4. The maximum Gasteiger partial charge on any atom is 0.416 e. The summed E-state index contributed by atoms with van der Waals surface area (Å²) in [5, 5.41) is 4.33. The van der Waals surface area contributed by atoms with Crippen molar-refractivity contribution in [2.24, 2.45) is 0 Å². The van der Waals surface area contributed by atoms with Crippen molar-refractivity contribution in [3.63, 3.8) is 0 Å². The molecule has 3 heterocycles. The number of fused-ring (bicyclic) bond motifs is 1. The molecule has 2 atom stereocenters. The molecule has 0 radical (unpaired) electrons. The number of benzene rings is 1. The normalized spacial score (nSPS) is 18.5. The molecule has 0 unspecified atom stereocenters. The Morgan fingerprint density at radius 1 is 1.10 bits per heavy atom. The fraction of sp³-hybridized carbons (Fsp3) is 0.200. The first-order valence-corrected chi connectivity index (χ1v) is 9.25. The van der Waals surface area contributed by atoms with Crippen molar-refractivity contribution in [1.29, 1.82) is 0 Å². The Bertz CT molecular complexity index is 1440. The monoisotopic (exact) mass is 431 g/mol. The Labute approximate surface area is 170 Å². The number of alkyl halides is 3. The van der Waals surface area contributed by atoms with Crippen LogP contribution >= 0.6 is 0 Å². The summed E-state index contributed by atoms with van der Waals surface area (Å²) in [4.78, 5) is 32.2. The predicted octanol–water partition coefficient (Wildman–Crippen LogP) is 3.20. The Morgan fingerprint density at radius 3 is 2.58 bits per heavy atom. The van der Waals surface area contributed by atoms with Gasteiger partial charge in [0.1, 0.15) is 5.82 Å². The molecule has 11 heteroatoms. The molecule has 158 valence electrons. The van der Waals surface area contributed by atoms with Crippen LogP contribution < -0.4 is 11.2 Å². The minimum atomic E-state index is -4.62. The average Bonchev–Trinajstić information content (AvgIpc) is 3.34. The van der Waals surface area contributed by atoms with Crippen LogP contribution in [0.15, 0.2) is 52.4 Å². The number of nitrogens with zero attached hydrogens (tertiary/aromatic N) is 3. The molecule has 2 N–H and O–H groups in total. The van der Waals surface area contributed by atoms with Gasteiger partial charge in [-0.25, -0.2) is 18.7 Å². The fourth-order valence-corrected chi connectivity index (χ4v) is 3.83. The molecule has 3 aromatic heterocycles. The van der Waals surface area contributed by atoms with Gasteiger partial charge in [-0.05, 0) is 42.0 Å². The molecule has 31 heavy (non-hydrogen) atoms. The van der Waals surface area contributed by atoms with Crippen LogP contribution in [-0.2, 0) is 6.18 Å². The van der Waals surface area contributed by atoms with Crippen molar-refractivity contribution >= 4 is 5.65 Å². The zero-order valence-corrected chi connectivity index (χ0v) is 15.6. The van der Waals surface area contributed by atoms with E-state index < -0.39 is 28.8 Å². The van der Waals surface area contributed by atoms with Gasteiger partial charge in [-0.3, -0.25) is 9.78 Å². The number of hydrogen-bond acceptors (Lipinski definition) is 4. The van der Waals surface area contributed by atoms with E-state index >= 15 is 0 Å². The summed E-state index contributed by atoms with van der Waals surface area (Å²) in [5.74, 6) is -1.44. The molecule has 5 rings (SSSR count). The van der Waals surface area contributed by atoms with Crippen molar-refractivity contribution in [3.8, 4) is 11.3 Å². The molecule has 1 saturated carbocycles. The third-order valence-electron chi connectivity index (χ3n) is 5.40. The van der Waals surface area contributed by atoms with E-state index in [9.17, 15) is 27.2 Å². The van der Waals surface area contributed by atoms with E-state index in [-0.39, 0.29) is 28.7 Å². The zero-order chi connectivity index (χ0) is 21.9. The number of imidazole rings is 1. The van der Waals surface area contributed by atoms with Crippen LogP contribution in [0, 0.1) is 5.82 Å². The van der Waals surface area contributed by atoms with Crippen molar-refractivity contribution in [3.05, 3.63) is 86.2 Å². The van der Waals surface area contributed by atoms with E-state index in [1.54, 1.807) is 12.3 Å². The molecule has 4 aromatic rings. The second-order valence-electron chi connectivity index (χ2n) is 7.35. The highest BCUT2D eigenvalue weighted by Crippen LogP contribution is 2.56. The van der Waals surface area contributed by atoms with Gasteiger partial charge in [0.25, 0.3) is 5.56 Å². The Kier molecular flexibility index (Phi) is 4.11. The molecule has 7 nitrogen and oxygen atoms in total. The van der Waals surface area contributed by atoms with Gasteiger partial charge in [-0.2, -0.15) is 18.3 Å². The summed E-state index contributed by atoms with van der Waals surface area (Å²) < 4.78 is 54.4. The lowest BCUT2D eigenvalue weighted by atomic mass is 10.0. The molecule has 0 amide bonds. The molecule has 1 aliphatic carbocycles. The largest absolute Gasteiger partial charge is 0.416 e. The van der Waals surface area contributed by atoms with Crippen LogP contribution in [0.25, 0.3) is 16.9 Å². The standard InChI is InChI=1S/C20H13F4N5O2/c21-15-5-9(20(22,23)24)1-2-10(15)11-6-12(11)13-7-16(28-29-4-3-25-17(13)29)14-8-26-19(31)27-18(14)30/h1-5,7-8,11-12H,6H2,(H2,26,27,30,31)/t11-,12+/m1/s1. The quantitative estimate of drug-likeness (QED) is 0.487. The number of rotatable bonds is 3. The molecule has 0 spiro atoms. The molecule has 0 saturated heterocycles. The van der Waals surface area contributed by atoms with E-state index in [4.69, 9.17) is 0 Å². The first-order valence-electron chi connectivity index (χ1n) is 9.25. The van der Waals surface area contributed by atoms with Crippen LogP contribution in [0.2, 0.25) is 0 Å². The van der Waals surface area contributed by atoms with Crippen LogP contribution in [0.5, 0.6) is 0 Å². The van der Waals surface area contributed by atoms with Gasteiger partial charge < -0.3 is 4.98 Å². The molecule has 1 fully saturated rings. The fourth-order valence-electron chi connectivity index (χ4n) is 3.83. The average molecular weight is 431 g/mol. The third kappa shape index (κ3) is 3.31. The first-order chi connectivity index (χ1) is 14.7. The highest BCUT2D eigenvalue weighted by molar-refractivity contribution is 5.63. The highest BCUT2D eigenvalue weighted by atomic mass is 19.4. The number of hydrogen-bond donors (Lipinski definition) is 2. The number of nitrogens with one attached hydrogen (secondary N) is 2. The molecule has 0 bridgehead atoms. The number of aromatic nitrogens is 5. The van der Waals surface area contributed by atoms with Gasteiger partial charge in [0, 0.05) is 24.2 Å². The van der Waals surface area contributed by atoms with Gasteiger partial charge in [-0.1, -0.05) is 6.07 Å². The van der Waals surface area contributed by atoms with Crippen LogP contribution in [0.3, 0.4) is 0 Å². The maximum atomic E-state index is 14.4. The van der Waals surface area contributed by atoms with Crippen molar-refractivity contribution in [2.45, 2.75) is 24.4 Å². The summed E-state index contributed by atoms with van der Waals surface area (Å²) >= 11 is 0. The summed E-state index contributed by atoms with van der Waals surface area (Å²) in [6, 6.07) is 4.18. The Hall–Kier alpha value is -3.76. The van der Waals surface area contributed by atoms with E-state index in [2.05, 4.69) is 20.1 Å². The highest BCUT2D eigenvalue weighted by Gasteiger charge is 2.43. The van der Waals surface area contributed by atoms with Gasteiger partial charge in [0.2, 0.25) is 0 Å². The van der Waals surface area contributed by atoms with Gasteiger partial charge in [-0.15, -0.1) is 0 Å². The second-order valence-corrected chi connectivity index (χ2v) is 7.35.